The van der Waals surface area contributed by atoms with Crippen LogP contribution < -0.4 is 21.1 Å². The maximum atomic E-state index is 13.0. The number of nitrogens with zero attached hydrogens (tertiary/aromatic N) is 3. The standard InChI is InChI=1S/C23H26F3N5O3/c1-3-4-14-34-19-10-8-18(9-11-19)28-21(32)27-12-13-31-22(33)30(2)20(29-31)16-6-5-7-17(15-16)23(24,25)26/h5-11,15H,3-4,12-14H2,1-2H3,(H2,27,28,32). The summed E-state index contributed by atoms with van der Waals surface area (Å²) >= 11 is 0. The van der Waals surface area contributed by atoms with Gasteiger partial charge < -0.3 is 15.4 Å². The predicted octanol–water partition coefficient (Wildman–Crippen LogP) is 4.27. The summed E-state index contributed by atoms with van der Waals surface area (Å²) in [7, 11) is 1.43. The molecule has 2 aromatic carbocycles. The maximum Gasteiger partial charge on any atom is 0.416 e. The summed E-state index contributed by atoms with van der Waals surface area (Å²) in [6.07, 6.45) is -2.50. The van der Waals surface area contributed by atoms with Crippen LogP contribution in [0.25, 0.3) is 11.4 Å². The first kappa shape index (κ1) is 24.9. The highest BCUT2D eigenvalue weighted by atomic mass is 19.4. The molecule has 0 atom stereocenters. The van der Waals surface area contributed by atoms with Gasteiger partial charge in [-0.2, -0.15) is 13.2 Å². The lowest BCUT2D eigenvalue weighted by atomic mass is 10.1. The molecule has 0 unspecified atom stereocenters. The highest BCUT2D eigenvalue weighted by Gasteiger charge is 2.30. The molecule has 0 fully saturated rings. The molecule has 0 radical (unpaired) electrons. The summed E-state index contributed by atoms with van der Waals surface area (Å²) in [5.74, 6) is 0.812. The van der Waals surface area contributed by atoms with Crippen LogP contribution in [0.15, 0.2) is 53.3 Å². The topological polar surface area (TPSA) is 90.2 Å². The Balaban J connectivity index is 1.56. The maximum absolute atomic E-state index is 13.0. The van der Waals surface area contributed by atoms with Crippen molar-refractivity contribution in [2.45, 2.75) is 32.5 Å². The number of hydrogen-bond acceptors (Lipinski definition) is 4. The summed E-state index contributed by atoms with van der Waals surface area (Å²) in [4.78, 5) is 24.6. The van der Waals surface area contributed by atoms with Crippen molar-refractivity contribution in [1.82, 2.24) is 19.7 Å². The molecule has 0 saturated carbocycles. The van der Waals surface area contributed by atoms with Crippen LogP contribution in [0.3, 0.4) is 0 Å². The first-order valence-electron chi connectivity index (χ1n) is 10.8. The number of urea groups is 1. The molecule has 8 nitrogen and oxygen atoms in total. The molecule has 3 aromatic rings. The van der Waals surface area contributed by atoms with Gasteiger partial charge in [0.15, 0.2) is 5.82 Å². The van der Waals surface area contributed by atoms with Crippen molar-refractivity contribution in [3.63, 3.8) is 0 Å². The normalized spacial score (nSPS) is 11.3. The molecule has 0 aliphatic rings. The molecule has 1 aromatic heterocycles. The lowest BCUT2D eigenvalue weighted by molar-refractivity contribution is -0.137. The summed E-state index contributed by atoms with van der Waals surface area (Å²) in [5.41, 5.74) is -0.595. The second kappa shape index (κ2) is 10.9. The Bertz CT molecular complexity index is 1170. The molecule has 1 heterocycles. The van der Waals surface area contributed by atoms with E-state index in [1.807, 2.05) is 0 Å². The van der Waals surface area contributed by atoms with Gasteiger partial charge in [0, 0.05) is 24.8 Å². The van der Waals surface area contributed by atoms with E-state index in [0.29, 0.717) is 18.0 Å². The molecule has 3 rings (SSSR count). The number of unbranched alkanes of at least 4 members (excludes halogenated alkanes) is 1. The fraction of sp³-hybridized carbons (Fsp3) is 0.348. The largest absolute Gasteiger partial charge is 0.494 e. The average Bonchev–Trinajstić information content (AvgIpc) is 3.08. The SMILES string of the molecule is CCCCOc1ccc(NC(=O)NCCn2nc(-c3cccc(C(F)(F)F)c3)n(C)c2=O)cc1. The van der Waals surface area contributed by atoms with Crippen molar-refractivity contribution in [3.05, 3.63) is 64.6 Å². The van der Waals surface area contributed by atoms with Crippen molar-refractivity contribution in [3.8, 4) is 17.1 Å². The molecule has 0 saturated heterocycles. The first-order chi connectivity index (χ1) is 16.2. The molecule has 0 aliphatic carbocycles. The predicted molar refractivity (Wildman–Crippen MR) is 122 cm³/mol. The molecule has 182 valence electrons. The monoisotopic (exact) mass is 477 g/mol. The van der Waals surface area contributed by atoms with Gasteiger partial charge >= 0.3 is 17.9 Å². The van der Waals surface area contributed by atoms with Crippen molar-refractivity contribution in [1.29, 1.82) is 0 Å². The van der Waals surface area contributed by atoms with Gasteiger partial charge in [-0.1, -0.05) is 25.5 Å². The number of halogens is 3. The lowest BCUT2D eigenvalue weighted by Gasteiger charge is -2.09. The quantitative estimate of drug-likeness (QED) is 0.451. The highest BCUT2D eigenvalue weighted by Crippen LogP contribution is 2.31. The molecular formula is C23H26F3N5O3. The van der Waals surface area contributed by atoms with E-state index in [1.54, 1.807) is 24.3 Å². The van der Waals surface area contributed by atoms with E-state index in [4.69, 9.17) is 4.74 Å². The van der Waals surface area contributed by atoms with Gasteiger partial charge in [0.05, 0.1) is 18.7 Å². The van der Waals surface area contributed by atoms with Crippen LogP contribution in [0.5, 0.6) is 5.75 Å². The average molecular weight is 477 g/mol. The Morgan fingerprint density at radius 3 is 2.56 bits per heavy atom. The minimum absolute atomic E-state index is 0.0449. The number of nitrogens with one attached hydrogen (secondary N) is 2. The van der Waals surface area contributed by atoms with E-state index in [-0.39, 0.29) is 24.5 Å². The number of benzene rings is 2. The number of aromatic nitrogens is 3. The number of anilines is 1. The molecule has 0 bridgehead atoms. The van der Waals surface area contributed by atoms with Gasteiger partial charge in [-0.25, -0.2) is 14.3 Å². The zero-order valence-corrected chi connectivity index (χ0v) is 18.9. The van der Waals surface area contributed by atoms with Gasteiger partial charge in [-0.3, -0.25) is 4.57 Å². The number of carbonyl (C=O) groups is 1. The molecule has 2 N–H and O–H groups in total. The Kier molecular flexibility index (Phi) is 7.98. The third-order valence-electron chi connectivity index (χ3n) is 4.98. The van der Waals surface area contributed by atoms with E-state index in [2.05, 4.69) is 22.7 Å². The van der Waals surface area contributed by atoms with Crippen molar-refractivity contribution in [2.24, 2.45) is 7.05 Å². The Morgan fingerprint density at radius 1 is 1.15 bits per heavy atom. The lowest BCUT2D eigenvalue weighted by Crippen LogP contribution is -2.34. The second-order valence-electron chi connectivity index (χ2n) is 7.57. The van der Waals surface area contributed by atoms with Gasteiger partial charge in [0.2, 0.25) is 0 Å². The molecule has 2 amide bonds. The number of alkyl halides is 3. The summed E-state index contributed by atoms with van der Waals surface area (Å²) in [6.45, 7) is 2.84. The van der Waals surface area contributed by atoms with Crippen LogP contribution in [0.4, 0.5) is 23.7 Å². The Labute approximate surface area is 194 Å². The number of amides is 2. The summed E-state index contributed by atoms with van der Waals surface area (Å²) in [6, 6.07) is 11.1. The van der Waals surface area contributed by atoms with E-state index in [9.17, 15) is 22.8 Å². The smallest absolute Gasteiger partial charge is 0.416 e. The van der Waals surface area contributed by atoms with E-state index < -0.39 is 23.5 Å². The Morgan fingerprint density at radius 2 is 1.88 bits per heavy atom. The third kappa shape index (κ3) is 6.40. The van der Waals surface area contributed by atoms with Crippen LogP contribution >= 0.6 is 0 Å². The zero-order valence-electron chi connectivity index (χ0n) is 18.9. The van der Waals surface area contributed by atoms with Crippen LogP contribution in [-0.4, -0.2) is 33.5 Å². The van der Waals surface area contributed by atoms with Crippen molar-refractivity contribution < 1.29 is 22.7 Å². The van der Waals surface area contributed by atoms with Crippen molar-refractivity contribution >= 4 is 11.7 Å². The number of ether oxygens (including phenoxy) is 1. The van der Waals surface area contributed by atoms with E-state index >= 15 is 0 Å². The van der Waals surface area contributed by atoms with Gasteiger partial charge in [0.25, 0.3) is 0 Å². The molecule has 34 heavy (non-hydrogen) atoms. The molecule has 0 aliphatic heterocycles. The van der Waals surface area contributed by atoms with Crippen LogP contribution in [-0.2, 0) is 19.8 Å². The minimum atomic E-state index is -4.50. The van der Waals surface area contributed by atoms with Crippen LogP contribution in [0.2, 0.25) is 0 Å². The van der Waals surface area contributed by atoms with Crippen LogP contribution in [0.1, 0.15) is 25.3 Å². The van der Waals surface area contributed by atoms with Gasteiger partial charge in [0.1, 0.15) is 5.75 Å². The number of rotatable bonds is 9. The second-order valence-corrected chi connectivity index (χ2v) is 7.57. The Hall–Kier alpha value is -3.76. The van der Waals surface area contributed by atoms with E-state index in [0.717, 1.165) is 29.7 Å². The van der Waals surface area contributed by atoms with E-state index in [1.165, 1.54) is 23.7 Å². The summed E-state index contributed by atoms with van der Waals surface area (Å²) in [5, 5.41) is 9.43. The fourth-order valence-corrected chi connectivity index (χ4v) is 3.14. The molecule has 0 spiro atoms. The molecule has 11 heteroatoms. The summed E-state index contributed by atoms with van der Waals surface area (Å²) < 4.78 is 46.8. The number of hydrogen-bond donors (Lipinski definition) is 2. The fourth-order valence-electron chi connectivity index (χ4n) is 3.14. The third-order valence-corrected chi connectivity index (χ3v) is 4.98. The van der Waals surface area contributed by atoms with Crippen molar-refractivity contribution in [2.75, 3.05) is 18.5 Å². The first-order valence-corrected chi connectivity index (χ1v) is 10.8. The highest BCUT2D eigenvalue weighted by molar-refractivity contribution is 5.89. The van der Waals surface area contributed by atoms with Gasteiger partial charge in [-0.15, -0.1) is 5.10 Å². The van der Waals surface area contributed by atoms with Gasteiger partial charge in [-0.05, 0) is 42.8 Å². The zero-order chi connectivity index (χ0) is 24.7. The minimum Gasteiger partial charge on any atom is -0.494 e. The molecular weight excluding hydrogens is 451 g/mol. The number of carbonyl (C=O) groups excluding carboxylic acids is 1. The van der Waals surface area contributed by atoms with Crippen LogP contribution in [0, 0.1) is 0 Å².